The fraction of sp³-hybridized carbons (Fsp3) is 0. The predicted molar refractivity (Wildman–Crippen MR) is 72.2 cm³/mol. The topological polar surface area (TPSA) is 97.0 Å². The molecule has 0 saturated carbocycles. The molecule has 1 aromatic carbocycles. The van der Waals surface area contributed by atoms with E-state index in [4.69, 9.17) is 10.0 Å². The fourth-order valence-electron chi connectivity index (χ4n) is 1.78. The molecule has 2 heterocycles. The number of hydrogen-bond acceptors (Lipinski definition) is 6. The van der Waals surface area contributed by atoms with Gasteiger partial charge in [-0.15, -0.1) is 5.10 Å². The molecule has 3 aromatic rings. The van der Waals surface area contributed by atoms with Crippen molar-refractivity contribution in [1.82, 2.24) is 25.2 Å². The maximum atomic E-state index is 9.05. The Balaban J connectivity index is 2.01. The molecule has 8 heteroatoms. The van der Waals surface area contributed by atoms with Crippen molar-refractivity contribution in [3.05, 3.63) is 48.7 Å². The lowest BCUT2D eigenvalue weighted by Gasteiger charge is -2.04. The molecular formula is C12H10BN5O2. The maximum Gasteiger partial charge on any atom is 0.490 e. The molecule has 0 unspecified atom stereocenters. The first kappa shape index (κ1) is 12.5. The highest BCUT2D eigenvalue weighted by atomic mass is 16.4. The third-order valence-corrected chi connectivity index (χ3v) is 2.79. The quantitative estimate of drug-likeness (QED) is 0.615. The number of rotatable bonds is 3. The molecular weight excluding hydrogens is 257 g/mol. The number of tetrazole rings is 1. The van der Waals surface area contributed by atoms with Crippen LogP contribution in [0.5, 0.6) is 0 Å². The Hall–Kier alpha value is -2.58. The van der Waals surface area contributed by atoms with E-state index in [-0.39, 0.29) is 0 Å². The third-order valence-electron chi connectivity index (χ3n) is 2.79. The van der Waals surface area contributed by atoms with Crippen LogP contribution >= 0.6 is 0 Å². The molecule has 0 amide bonds. The largest absolute Gasteiger partial charge is 0.490 e. The highest BCUT2D eigenvalue weighted by Crippen LogP contribution is 2.17. The van der Waals surface area contributed by atoms with Crippen molar-refractivity contribution < 1.29 is 10.0 Å². The van der Waals surface area contributed by atoms with Gasteiger partial charge < -0.3 is 10.0 Å². The van der Waals surface area contributed by atoms with E-state index in [0.717, 1.165) is 5.56 Å². The smallest absolute Gasteiger partial charge is 0.423 e. The lowest BCUT2D eigenvalue weighted by Crippen LogP contribution is -2.30. The summed E-state index contributed by atoms with van der Waals surface area (Å²) in [4.78, 5) is 4.13. The minimum absolute atomic E-state index is 0.308. The molecule has 0 bridgehead atoms. The first-order valence-electron chi connectivity index (χ1n) is 5.92. The molecule has 0 spiro atoms. The van der Waals surface area contributed by atoms with E-state index >= 15 is 0 Å². The minimum atomic E-state index is -1.54. The van der Waals surface area contributed by atoms with Gasteiger partial charge in [0.2, 0.25) is 0 Å². The second kappa shape index (κ2) is 5.20. The Morgan fingerprint density at radius 1 is 1.00 bits per heavy atom. The number of nitrogens with zero attached hydrogens (tertiary/aromatic N) is 5. The number of aromatic nitrogens is 5. The van der Waals surface area contributed by atoms with Crippen molar-refractivity contribution in [2.45, 2.75) is 0 Å². The van der Waals surface area contributed by atoms with Gasteiger partial charge in [-0.25, -0.2) is 4.98 Å². The van der Waals surface area contributed by atoms with Crippen LogP contribution in [0.25, 0.3) is 17.2 Å². The van der Waals surface area contributed by atoms with Crippen LogP contribution in [0, 0.1) is 0 Å². The van der Waals surface area contributed by atoms with Gasteiger partial charge >= 0.3 is 7.12 Å². The van der Waals surface area contributed by atoms with Crippen molar-refractivity contribution in [2.24, 2.45) is 0 Å². The Labute approximate surface area is 114 Å². The summed E-state index contributed by atoms with van der Waals surface area (Å²) >= 11 is 0. The van der Waals surface area contributed by atoms with Gasteiger partial charge in [0, 0.05) is 17.2 Å². The van der Waals surface area contributed by atoms with E-state index in [0.29, 0.717) is 17.1 Å². The number of pyridine rings is 1. The highest BCUT2D eigenvalue weighted by molar-refractivity contribution is 6.58. The van der Waals surface area contributed by atoms with E-state index in [9.17, 15) is 0 Å². The molecule has 2 aromatic heterocycles. The van der Waals surface area contributed by atoms with E-state index in [1.807, 2.05) is 30.3 Å². The Bertz CT molecular complexity index is 699. The van der Waals surface area contributed by atoms with Gasteiger partial charge in [0.05, 0.1) is 0 Å². The van der Waals surface area contributed by atoms with Crippen molar-refractivity contribution in [2.75, 3.05) is 0 Å². The summed E-state index contributed by atoms with van der Waals surface area (Å²) in [5.74, 6) is 1.06. The lowest BCUT2D eigenvalue weighted by atomic mass is 9.82. The van der Waals surface area contributed by atoms with Crippen LogP contribution in [-0.2, 0) is 0 Å². The molecule has 0 aliphatic heterocycles. The van der Waals surface area contributed by atoms with Crippen molar-refractivity contribution >= 4 is 12.6 Å². The summed E-state index contributed by atoms with van der Waals surface area (Å²) in [6.45, 7) is 0. The van der Waals surface area contributed by atoms with Gasteiger partial charge in [0.15, 0.2) is 11.6 Å². The SMILES string of the molecule is OB(O)c1ccc(-n2nnnc2-c2ccccc2)nc1. The first-order valence-corrected chi connectivity index (χ1v) is 5.92. The predicted octanol–water partition coefficient (Wildman–Crippen LogP) is -0.596. The summed E-state index contributed by atoms with van der Waals surface area (Å²) < 4.78 is 1.49. The van der Waals surface area contributed by atoms with E-state index in [2.05, 4.69) is 20.5 Å². The average Bonchev–Trinajstić information content (AvgIpc) is 2.97. The molecule has 3 rings (SSSR count). The molecule has 20 heavy (non-hydrogen) atoms. The zero-order chi connectivity index (χ0) is 13.9. The minimum Gasteiger partial charge on any atom is -0.423 e. The monoisotopic (exact) mass is 267 g/mol. The van der Waals surface area contributed by atoms with Crippen LogP contribution in [0.3, 0.4) is 0 Å². The van der Waals surface area contributed by atoms with E-state index in [1.54, 1.807) is 12.1 Å². The van der Waals surface area contributed by atoms with Gasteiger partial charge in [-0.1, -0.05) is 36.4 Å². The van der Waals surface area contributed by atoms with E-state index < -0.39 is 7.12 Å². The van der Waals surface area contributed by atoms with Crippen molar-refractivity contribution in [1.29, 1.82) is 0 Å². The summed E-state index contributed by atoms with van der Waals surface area (Å²) in [6, 6.07) is 12.7. The van der Waals surface area contributed by atoms with Gasteiger partial charge in [0.25, 0.3) is 0 Å². The zero-order valence-electron chi connectivity index (χ0n) is 10.3. The third kappa shape index (κ3) is 2.29. The van der Waals surface area contributed by atoms with Crippen molar-refractivity contribution in [3.8, 4) is 17.2 Å². The van der Waals surface area contributed by atoms with Crippen LogP contribution in [0.15, 0.2) is 48.7 Å². The fourth-order valence-corrected chi connectivity index (χ4v) is 1.78. The first-order chi connectivity index (χ1) is 9.75. The van der Waals surface area contributed by atoms with Crippen LogP contribution in [0.2, 0.25) is 0 Å². The molecule has 98 valence electrons. The van der Waals surface area contributed by atoms with Crippen LogP contribution < -0.4 is 5.46 Å². The molecule has 0 atom stereocenters. The maximum absolute atomic E-state index is 9.05. The second-order valence-corrected chi connectivity index (χ2v) is 4.10. The Kier molecular flexibility index (Phi) is 3.24. The summed E-state index contributed by atoms with van der Waals surface area (Å²) in [5, 5.41) is 29.6. The molecule has 2 N–H and O–H groups in total. The number of hydrogen-bond donors (Lipinski definition) is 2. The summed E-state index contributed by atoms with van der Waals surface area (Å²) in [6.07, 6.45) is 1.37. The molecule has 7 nitrogen and oxygen atoms in total. The standard InChI is InChI=1S/C12H10BN5O2/c19-13(20)10-6-7-11(14-8-10)18-12(15-16-17-18)9-4-2-1-3-5-9/h1-8,19-20H. The van der Waals surface area contributed by atoms with Gasteiger partial charge in [0.1, 0.15) is 0 Å². The molecule has 0 fully saturated rings. The second-order valence-electron chi connectivity index (χ2n) is 4.10. The molecule has 0 aliphatic rings. The highest BCUT2D eigenvalue weighted by Gasteiger charge is 2.14. The lowest BCUT2D eigenvalue weighted by molar-refractivity contribution is 0.425. The Morgan fingerprint density at radius 2 is 1.80 bits per heavy atom. The normalized spacial score (nSPS) is 10.5. The average molecular weight is 267 g/mol. The van der Waals surface area contributed by atoms with Gasteiger partial charge in [-0.3, -0.25) is 0 Å². The summed E-state index contributed by atoms with van der Waals surface area (Å²) in [5.41, 5.74) is 1.17. The number of benzene rings is 1. The van der Waals surface area contributed by atoms with Crippen LogP contribution in [0.1, 0.15) is 0 Å². The van der Waals surface area contributed by atoms with E-state index in [1.165, 1.54) is 10.9 Å². The summed E-state index contributed by atoms with van der Waals surface area (Å²) in [7, 11) is -1.54. The molecule has 0 aliphatic carbocycles. The van der Waals surface area contributed by atoms with Gasteiger partial charge in [-0.05, 0) is 16.5 Å². The van der Waals surface area contributed by atoms with Crippen molar-refractivity contribution in [3.63, 3.8) is 0 Å². The van der Waals surface area contributed by atoms with Crippen LogP contribution in [0.4, 0.5) is 0 Å². The molecule has 0 saturated heterocycles. The molecule has 0 radical (unpaired) electrons. The zero-order valence-corrected chi connectivity index (χ0v) is 10.3. The van der Waals surface area contributed by atoms with Crippen LogP contribution in [-0.4, -0.2) is 42.4 Å². The van der Waals surface area contributed by atoms with Gasteiger partial charge in [-0.2, -0.15) is 4.68 Å². The Morgan fingerprint density at radius 3 is 2.45 bits per heavy atom.